The monoisotopic (exact) mass is 323 g/mol. The minimum Gasteiger partial charge on any atom is -0.398 e. The minimum atomic E-state index is 0.753. The summed E-state index contributed by atoms with van der Waals surface area (Å²) in [6.45, 7) is 0. The van der Waals surface area contributed by atoms with Crippen molar-refractivity contribution in [3.63, 3.8) is 0 Å². The average molecular weight is 324 g/mol. The molecule has 2 N–H and O–H groups in total. The summed E-state index contributed by atoms with van der Waals surface area (Å²) < 4.78 is 0.949. The van der Waals surface area contributed by atoms with Crippen molar-refractivity contribution in [2.75, 3.05) is 5.73 Å². The Labute approximate surface area is 127 Å². The topological polar surface area (TPSA) is 26.0 Å². The van der Waals surface area contributed by atoms with Gasteiger partial charge < -0.3 is 5.73 Å². The standard InChI is InChI=1S/C18H14BrN/c19-18-16(20)12-11-15(13-7-3-1-4-8-13)17(18)14-9-5-2-6-10-14/h1-12H,20H2. The lowest BCUT2D eigenvalue weighted by Gasteiger charge is -2.14. The maximum Gasteiger partial charge on any atom is 0.0489 e. The first-order chi connectivity index (χ1) is 9.77. The van der Waals surface area contributed by atoms with E-state index >= 15 is 0 Å². The molecule has 0 heterocycles. The molecule has 3 rings (SSSR count). The Morgan fingerprint density at radius 1 is 0.650 bits per heavy atom. The fraction of sp³-hybridized carbons (Fsp3) is 0. The minimum absolute atomic E-state index is 0.753. The number of anilines is 1. The third kappa shape index (κ3) is 2.35. The van der Waals surface area contributed by atoms with E-state index in [4.69, 9.17) is 5.73 Å². The summed E-state index contributed by atoms with van der Waals surface area (Å²) in [5, 5.41) is 0. The van der Waals surface area contributed by atoms with Crippen LogP contribution in [0.3, 0.4) is 0 Å². The Bertz CT molecular complexity index is 721. The Kier molecular flexibility index (Phi) is 3.57. The molecule has 0 spiro atoms. The smallest absolute Gasteiger partial charge is 0.0489 e. The van der Waals surface area contributed by atoms with Gasteiger partial charge >= 0.3 is 0 Å². The molecule has 0 saturated carbocycles. The van der Waals surface area contributed by atoms with Crippen molar-refractivity contribution >= 4 is 21.6 Å². The number of nitrogens with two attached hydrogens (primary N) is 1. The van der Waals surface area contributed by atoms with Crippen molar-refractivity contribution in [2.45, 2.75) is 0 Å². The Morgan fingerprint density at radius 2 is 1.20 bits per heavy atom. The molecule has 0 unspecified atom stereocenters. The summed E-state index contributed by atoms with van der Waals surface area (Å²) in [5.41, 5.74) is 11.5. The maximum atomic E-state index is 6.06. The van der Waals surface area contributed by atoms with Gasteiger partial charge in [0.2, 0.25) is 0 Å². The molecule has 3 aromatic rings. The molecule has 2 heteroatoms. The third-order valence-electron chi connectivity index (χ3n) is 3.32. The summed E-state index contributed by atoms with van der Waals surface area (Å²) in [7, 11) is 0. The summed E-state index contributed by atoms with van der Waals surface area (Å²) in [4.78, 5) is 0. The molecule has 98 valence electrons. The second-order valence-corrected chi connectivity index (χ2v) is 5.42. The molecular weight excluding hydrogens is 310 g/mol. The first kappa shape index (κ1) is 12.9. The highest BCUT2D eigenvalue weighted by atomic mass is 79.9. The van der Waals surface area contributed by atoms with E-state index in [2.05, 4.69) is 46.3 Å². The second kappa shape index (κ2) is 5.51. The van der Waals surface area contributed by atoms with Crippen LogP contribution < -0.4 is 5.73 Å². The van der Waals surface area contributed by atoms with Crippen LogP contribution in [0.15, 0.2) is 77.3 Å². The quantitative estimate of drug-likeness (QED) is 0.631. The molecule has 0 bridgehead atoms. The molecule has 1 nitrogen and oxygen atoms in total. The van der Waals surface area contributed by atoms with Crippen molar-refractivity contribution in [1.82, 2.24) is 0 Å². The van der Waals surface area contributed by atoms with Gasteiger partial charge in [-0.15, -0.1) is 0 Å². The van der Waals surface area contributed by atoms with Gasteiger partial charge in [-0.2, -0.15) is 0 Å². The molecule has 0 amide bonds. The molecular formula is C18H14BrN. The number of halogens is 1. The van der Waals surface area contributed by atoms with Gasteiger partial charge in [0.1, 0.15) is 0 Å². The molecule has 0 aliphatic heterocycles. The Morgan fingerprint density at radius 3 is 1.80 bits per heavy atom. The third-order valence-corrected chi connectivity index (χ3v) is 4.17. The van der Waals surface area contributed by atoms with E-state index < -0.39 is 0 Å². The van der Waals surface area contributed by atoms with E-state index in [0.717, 1.165) is 21.3 Å². The predicted molar refractivity (Wildman–Crippen MR) is 89.4 cm³/mol. The van der Waals surface area contributed by atoms with Gasteiger partial charge in [-0.25, -0.2) is 0 Å². The second-order valence-electron chi connectivity index (χ2n) is 4.62. The van der Waals surface area contributed by atoms with Crippen molar-refractivity contribution < 1.29 is 0 Å². The molecule has 0 saturated heterocycles. The fourth-order valence-corrected chi connectivity index (χ4v) is 2.91. The van der Waals surface area contributed by atoms with Crippen LogP contribution in [0.1, 0.15) is 0 Å². The van der Waals surface area contributed by atoms with Gasteiger partial charge in [0.05, 0.1) is 0 Å². The Balaban J connectivity index is 2.29. The number of benzene rings is 3. The van der Waals surface area contributed by atoms with Crippen molar-refractivity contribution in [2.24, 2.45) is 0 Å². The van der Waals surface area contributed by atoms with Gasteiger partial charge in [-0.1, -0.05) is 66.7 Å². The van der Waals surface area contributed by atoms with Crippen molar-refractivity contribution in [3.8, 4) is 22.3 Å². The average Bonchev–Trinajstić information content (AvgIpc) is 2.51. The van der Waals surface area contributed by atoms with E-state index in [1.54, 1.807) is 0 Å². The van der Waals surface area contributed by atoms with E-state index in [1.807, 2.05) is 42.5 Å². The molecule has 20 heavy (non-hydrogen) atoms. The zero-order chi connectivity index (χ0) is 13.9. The lowest BCUT2D eigenvalue weighted by atomic mass is 9.94. The summed E-state index contributed by atoms with van der Waals surface area (Å²) >= 11 is 3.64. The zero-order valence-electron chi connectivity index (χ0n) is 10.9. The number of hydrogen-bond donors (Lipinski definition) is 1. The van der Waals surface area contributed by atoms with Crippen molar-refractivity contribution in [3.05, 3.63) is 77.3 Å². The number of rotatable bonds is 2. The molecule has 3 aromatic carbocycles. The van der Waals surface area contributed by atoms with E-state index in [9.17, 15) is 0 Å². The van der Waals surface area contributed by atoms with Crippen LogP contribution in [0.5, 0.6) is 0 Å². The molecule has 0 radical (unpaired) electrons. The molecule has 0 aromatic heterocycles. The maximum absolute atomic E-state index is 6.06. The lowest BCUT2D eigenvalue weighted by Crippen LogP contribution is -1.92. The largest absolute Gasteiger partial charge is 0.398 e. The first-order valence-corrected chi connectivity index (χ1v) is 7.25. The highest BCUT2D eigenvalue weighted by molar-refractivity contribution is 9.10. The van der Waals surface area contributed by atoms with Gasteiger partial charge in [0.15, 0.2) is 0 Å². The van der Waals surface area contributed by atoms with Gasteiger partial charge in [-0.3, -0.25) is 0 Å². The van der Waals surface area contributed by atoms with Crippen molar-refractivity contribution in [1.29, 1.82) is 0 Å². The van der Waals surface area contributed by atoms with Crippen LogP contribution in [0.25, 0.3) is 22.3 Å². The van der Waals surface area contributed by atoms with Gasteiger partial charge in [0, 0.05) is 15.7 Å². The zero-order valence-corrected chi connectivity index (χ0v) is 12.5. The lowest BCUT2D eigenvalue weighted by molar-refractivity contribution is 1.55. The SMILES string of the molecule is Nc1ccc(-c2ccccc2)c(-c2ccccc2)c1Br. The van der Waals surface area contributed by atoms with Crippen LogP contribution in [-0.2, 0) is 0 Å². The number of hydrogen-bond acceptors (Lipinski definition) is 1. The van der Waals surface area contributed by atoms with Crippen LogP contribution >= 0.6 is 15.9 Å². The van der Waals surface area contributed by atoms with Gasteiger partial charge in [-0.05, 0) is 38.7 Å². The predicted octanol–water partition coefficient (Wildman–Crippen LogP) is 5.37. The van der Waals surface area contributed by atoms with Crippen LogP contribution in [-0.4, -0.2) is 0 Å². The van der Waals surface area contributed by atoms with Crippen LogP contribution in [0.2, 0.25) is 0 Å². The first-order valence-electron chi connectivity index (χ1n) is 6.46. The van der Waals surface area contributed by atoms with E-state index in [0.29, 0.717) is 0 Å². The van der Waals surface area contributed by atoms with Crippen LogP contribution in [0.4, 0.5) is 5.69 Å². The summed E-state index contributed by atoms with van der Waals surface area (Å²) in [6, 6.07) is 24.7. The fourth-order valence-electron chi connectivity index (χ4n) is 2.34. The van der Waals surface area contributed by atoms with Crippen LogP contribution in [0, 0.1) is 0 Å². The van der Waals surface area contributed by atoms with E-state index in [1.165, 1.54) is 11.1 Å². The molecule has 0 atom stereocenters. The molecule has 0 fully saturated rings. The Hall–Kier alpha value is -2.06. The highest BCUT2D eigenvalue weighted by Crippen LogP contribution is 2.40. The summed E-state index contributed by atoms with van der Waals surface area (Å²) in [5.74, 6) is 0. The summed E-state index contributed by atoms with van der Waals surface area (Å²) in [6.07, 6.45) is 0. The number of nitrogen functional groups attached to an aromatic ring is 1. The normalized spacial score (nSPS) is 10.4. The highest BCUT2D eigenvalue weighted by Gasteiger charge is 2.13. The molecule has 0 aliphatic carbocycles. The van der Waals surface area contributed by atoms with E-state index in [-0.39, 0.29) is 0 Å². The van der Waals surface area contributed by atoms with Gasteiger partial charge in [0.25, 0.3) is 0 Å². The molecule has 0 aliphatic rings.